The average Bonchev–Trinajstić information content (AvgIpc) is 3.10. The van der Waals surface area contributed by atoms with Crippen LogP contribution in [0.1, 0.15) is 19.3 Å². The van der Waals surface area contributed by atoms with Gasteiger partial charge < -0.3 is 10.2 Å². The number of rotatable bonds is 3. The maximum absolute atomic E-state index is 13.7. The lowest BCUT2D eigenvalue weighted by Crippen LogP contribution is -2.39. The summed E-state index contributed by atoms with van der Waals surface area (Å²) in [6, 6.07) is 1.30. The van der Waals surface area contributed by atoms with E-state index in [0.29, 0.717) is 18.5 Å². The van der Waals surface area contributed by atoms with Gasteiger partial charge >= 0.3 is 0 Å². The molecule has 6 heteroatoms. The minimum absolute atomic E-state index is 0.267. The van der Waals surface area contributed by atoms with Crippen LogP contribution >= 0.6 is 0 Å². The number of anilines is 1. The lowest BCUT2D eigenvalue weighted by atomic mass is 10.2. The van der Waals surface area contributed by atoms with Crippen LogP contribution < -0.4 is 10.2 Å². The molecule has 0 aromatic heterocycles. The van der Waals surface area contributed by atoms with Crippen molar-refractivity contribution in [1.82, 2.24) is 5.32 Å². The van der Waals surface area contributed by atoms with Crippen molar-refractivity contribution in [2.75, 3.05) is 11.4 Å². The van der Waals surface area contributed by atoms with Crippen molar-refractivity contribution >= 4 is 11.6 Å². The Kier molecular flexibility index (Phi) is 2.97. The molecule has 0 spiro atoms. The summed E-state index contributed by atoms with van der Waals surface area (Å²) in [4.78, 5) is 13.2. The van der Waals surface area contributed by atoms with Crippen LogP contribution in [-0.4, -0.2) is 24.5 Å². The Balaban J connectivity index is 1.84. The Morgan fingerprint density at radius 3 is 2.58 bits per heavy atom. The third kappa shape index (κ3) is 2.32. The van der Waals surface area contributed by atoms with Crippen molar-refractivity contribution in [3.05, 3.63) is 29.6 Å². The minimum Gasteiger partial charge on any atom is -0.308 e. The predicted octanol–water partition coefficient (Wildman–Crippen LogP) is 1.96. The van der Waals surface area contributed by atoms with Crippen molar-refractivity contribution in [2.24, 2.45) is 0 Å². The van der Waals surface area contributed by atoms with E-state index in [-0.39, 0.29) is 24.2 Å². The van der Waals surface area contributed by atoms with Crippen molar-refractivity contribution < 1.29 is 18.0 Å². The second kappa shape index (κ2) is 4.52. The van der Waals surface area contributed by atoms with E-state index in [2.05, 4.69) is 5.32 Å². The molecule has 1 unspecified atom stereocenters. The van der Waals surface area contributed by atoms with Crippen LogP contribution in [0.4, 0.5) is 18.9 Å². The third-order valence-electron chi connectivity index (χ3n) is 3.48. The number of benzene rings is 1. The van der Waals surface area contributed by atoms with Crippen molar-refractivity contribution in [1.29, 1.82) is 0 Å². The molecule has 1 N–H and O–H groups in total. The lowest BCUT2D eigenvalue weighted by molar-refractivity contribution is -0.118. The quantitative estimate of drug-likeness (QED) is 0.852. The summed E-state index contributed by atoms with van der Waals surface area (Å²) in [5.41, 5.74) is -0.317. The fourth-order valence-corrected chi connectivity index (χ4v) is 2.35. The molecule has 3 nitrogen and oxygen atoms in total. The first kappa shape index (κ1) is 12.5. The molecule has 1 saturated carbocycles. The number of nitrogens with zero attached hydrogens (tertiary/aromatic N) is 1. The van der Waals surface area contributed by atoms with E-state index in [4.69, 9.17) is 0 Å². The van der Waals surface area contributed by atoms with Crippen LogP contribution in [0.25, 0.3) is 0 Å². The highest BCUT2D eigenvalue weighted by atomic mass is 19.2. The number of amides is 1. The SMILES string of the molecule is O=C1C(NC2CC2)CCN1c1cc(F)cc(F)c1F. The van der Waals surface area contributed by atoms with Gasteiger partial charge in [0.1, 0.15) is 5.82 Å². The molecule has 1 amide bonds. The molecular formula is C13H13F3N2O. The highest BCUT2D eigenvalue weighted by Crippen LogP contribution is 2.29. The molecule has 0 bridgehead atoms. The first-order valence-electron chi connectivity index (χ1n) is 6.28. The maximum Gasteiger partial charge on any atom is 0.244 e. The van der Waals surface area contributed by atoms with Gasteiger partial charge in [-0.1, -0.05) is 0 Å². The van der Waals surface area contributed by atoms with Gasteiger partial charge in [-0.3, -0.25) is 4.79 Å². The molecule has 1 aromatic rings. The molecule has 1 saturated heterocycles. The zero-order chi connectivity index (χ0) is 13.6. The fraction of sp³-hybridized carbons (Fsp3) is 0.462. The van der Waals surface area contributed by atoms with Crippen molar-refractivity contribution in [2.45, 2.75) is 31.3 Å². The van der Waals surface area contributed by atoms with E-state index in [0.717, 1.165) is 23.8 Å². The van der Waals surface area contributed by atoms with E-state index >= 15 is 0 Å². The molecule has 2 aliphatic rings. The molecule has 1 aromatic carbocycles. The molecular weight excluding hydrogens is 257 g/mol. The molecule has 19 heavy (non-hydrogen) atoms. The summed E-state index contributed by atoms with van der Waals surface area (Å²) in [6.07, 6.45) is 2.59. The zero-order valence-corrected chi connectivity index (χ0v) is 10.1. The number of hydrogen-bond acceptors (Lipinski definition) is 2. The van der Waals surface area contributed by atoms with Crippen LogP contribution in [0, 0.1) is 17.5 Å². The number of carbonyl (C=O) groups excluding carboxylic acids is 1. The number of halogens is 3. The molecule has 1 atom stereocenters. The summed E-state index contributed by atoms with van der Waals surface area (Å²) >= 11 is 0. The second-order valence-electron chi connectivity index (χ2n) is 4.99. The number of nitrogens with one attached hydrogen (secondary N) is 1. The molecule has 2 fully saturated rings. The van der Waals surface area contributed by atoms with Crippen LogP contribution in [0.2, 0.25) is 0 Å². The van der Waals surface area contributed by atoms with E-state index in [1.54, 1.807) is 0 Å². The van der Waals surface area contributed by atoms with E-state index < -0.39 is 17.5 Å². The topological polar surface area (TPSA) is 32.3 Å². The van der Waals surface area contributed by atoms with Gasteiger partial charge in [0.15, 0.2) is 11.6 Å². The monoisotopic (exact) mass is 270 g/mol. The van der Waals surface area contributed by atoms with Crippen LogP contribution in [0.15, 0.2) is 12.1 Å². The van der Waals surface area contributed by atoms with Gasteiger partial charge in [0, 0.05) is 24.7 Å². The van der Waals surface area contributed by atoms with Gasteiger partial charge in [-0.2, -0.15) is 0 Å². The second-order valence-corrected chi connectivity index (χ2v) is 4.99. The Labute approximate surface area is 108 Å². The Bertz CT molecular complexity index is 531. The normalized spacial score (nSPS) is 23.2. The minimum atomic E-state index is -1.28. The molecule has 1 aliphatic carbocycles. The molecule has 1 heterocycles. The van der Waals surface area contributed by atoms with Crippen LogP contribution in [0.3, 0.4) is 0 Å². The molecule has 3 rings (SSSR count). The first-order valence-corrected chi connectivity index (χ1v) is 6.28. The maximum atomic E-state index is 13.7. The van der Waals surface area contributed by atoms with Crippen molar-refractivity contribution in [3.8, 4) is 0 Å². The third-order valence-corrected chi connectivity index (χ3v) is 3.48. The van der Waals surface area contributed by atoms with Gasteiger partial charge in [-0.05, 0) is 19.3 Å². The Morgan fingerprint density at radius 1 is 1.16 bits per heavy atom. The highest BCUT2D eigenvalue weighted by Gasteiger charge is 2.37. The Hall–Kier alpha value is -1.56. The average molecular weight is 270 g/mol. The zero-order valence-electron chi connectivity index (χ0n) is 10.1. The highest BCUT2D eigenvalue weighted by molar-refractivity contribution is 5.99. The van der Waals surface area contributed by atoms with E-state index in [9.17, 15) is 18.0 Å². The lowest BCUT2D eigenvalue weighted by Gasteiger charge is -2.18. The largest absolute Gasteiger partial charge is 0.308 e. The predicted molar refractivity (Wildman–Crippen MR) is 63.2 cm³/mol. The molecule has 0 radical (unpaired) electrons. The summed E-state index contributed by atoms with van der Waals surface area (Å²) in [6.45, 7) is 0.267. The summed E-state index contributed by atoms with van der Waals surface area (Å²) in [5, 5.41) is 3.15. The van der Waals surface area contributed by atoms with Gasteiger partial charge in [-0.25, -0.2) is 13.2 Å². The Morgan fingerprint density at radius 2 is 1.89 bits per heavy atom. The summed E-state index contributed by atoms with van der Waals surface area (Å²) in [5.74, 6) is -3.67. The van der Waals surface area contributed by atoms with E-state index in [1.807, 2.05) is 0 Å². The van der Waals surface area contributed by atoms with Crippen LogP contribution in [-0.2, 0) is 4.79 Å². The van der Waals surface area contributed by atoms with Gasteiger partial charge in [0.2, 0.25) is 5.91 Å². The fourth-order valence-electron chi connectivity index (χ4n) is 2.35. The van der Waals surface area contributed by atoms with Gasteiger partial charge in [-0.15, -0.1) is 0 Å². The van der Waals surface area contributed by atoms with Crippen molar-refractivity contribution in [3.63, 3.8) is 0 Å². The smallest absolute Gasteiger partial charge is 0.244 e. The number of carbonyl (C=O) groups is 1. The standard InChI is InChI=1S/C13H13F3N2O/c14-7-5-9(15)12(16)11(6-7)18-4-3-10(13(18)19)17-8-1-2-8/h5-6,8,10,17H,1-4H2. The summed E-state index contributed by atoms with van der Waals surface area (Å²) < 4.78 is 40.0. The van der Waals surface area contributed by atoms with E-state index in [1.165, 1.54) is 0 Å². The number of hydrogen-bond donors (Lipinski definition) is 1. The van der Waals surface area contributed by atoms with Crippen LogP contribution in [0.5, 0.6) is 0 Å². The molecule has 1 aliphatic heterocycles. The summed E-state index contributed by atoms with van der Waals surface area (Å²) in [7, 11) is 0. The first-order chi connectivity index (χ1) is 9.06. The van der Waals surface area contributed by atoms with Gasteiger partial charge in [0.25, 0.3) is 0 Å². The van der Waals surface area contributed by atoms with Gasteiger partial charge in [0.05, 0.1) is 11.7 Å². The molecule has 102 valence electrons.